The Kier molecular flexibility index (Phi) is 8.83. The topological polar surface area (TPSA) is 147 Å². The van der Waals surface area contributed by atoms with E-state index < -0.39 is 17.5 Å². The van der Waals surface area contributed by atoms with Gasteiger partial charge in [-0.1, -0.05) is 24.3 Å². The highest BCUT2D eigenvalue weighted by molar-refractivity contribution is 6.01. The van der Waals surface area contributed by atoms with Crippen molar-refractivity contribution in [3.8, 4) is 0 Å². The summed E-state index contributed by atoms with van der Waals surface area (Å²) in [5.74, 6) is -0.0181. The summed E-state index contributed by atoms with van der Waals surface area (Å²) in [6.07, 6.45) is 8.43. The molecule has 0 bridgehead atoms. The molecule has 1 aromatic heterocycles. The largest absolute Gasteiger partial charge is 0.463 e. The van der Waals surface area contributed by atoms with Crippen LogP contribution < -0.4 is 16.4 Å². The zero-order valence-corrected chi connectivity index (χ0v) is 20.8. The van der Waals surface area contributed by atoms with Gasteiger partial charge in [0.1, 0.15) is 11.5 Å². The molecular formula is C25H33N5O6. The van der Waals surface area contributed by atoms with Gasteiger partial charge < -0.3 is 24.7 Å². The molecule has 11 nitrogen and oxygen atoms in total. The van der Waals surface area contributed by atoms with Gasteiger partial charge in [0, 0.05) is 38.7 Å². The standard InChI is InChI=1S/C25H33N5O6/c1-4-29(24(26)34)13-5-6-19-10-12-21(36-19)25(27-2,23(33)28-16-31)15-30-14-17-7-8-18(35-3)9-11-20(17)22(30)32/h7-12,16,18,27H,4-6,13-15H2,1-3H3,(H2,26,34)(H,28,31,33)/t18?,25-/m0/s1. The van der Waals surface area contributed by atoms with Gasteiger partial charge in [-0.15, -0.1) is 0 Å². The summed E-state index contributed by atoms with van der Waals surface area (Å²) in [5.41, 5.74) is 5.19. The zero-order chi connectivity index (χ0) is 26.3. The molecule has 4 N–H and O–H groups in total. The average molecular weight is 500 g/mol. The Labute approximate surface area is 210 Å². The number of aryl methyl sites for hydroxylation is 1. The Morgan fingerprint density at radius 3 is 2.72 bits per heavy atom. The summed E-state index contributed by atoms with van der Waals surface area (Å²) in [4.78, 5) is 52.0. The fourth-order valence-electron chi connectivity index (χ4n) is 4.39. The number of imide groups is 1. The number of carbonyl (C=O) groups excluding carboxylic acids is 4. The quantitative estimate of drug-likeness (QED) is 0.356. The van der Waals surface area contributed by atoms with E-state index in [0.717, 1.165) is 5.57 Å². The number of nitrogens with one attached hydrogen (secondary N) is 2. The van der Waals surface area contributed by atoms with Gasteiger partial charge >= 0.3 is 6.03 Å². The van der Waals surface area contributed by atoms with Crippen molar-refractivity contribution in [3.05, 3.63) is 59.1 Å². The number of carbonyl (C=O) groups is 4. The highest BCUT2D eigenvalue weighted by Gasteiger charge is 2.46. The van der Waals surface area contributed by atoms with E-state index in [4.69, 9.17) is 14.9 Å². The summed E-state index contributed by atoms with van der Waals surface area (Å²) >= 11 is 0. The highest BCUT2D eigenvalue weighted by Crippen LogP contribution is 2.31. The van der Waals surface area contributed by atoms with Gasteiger partial charge in [0.2, 0.25) is 6.41 Å². The molecule has 2 aliphatic rings. The molecule has 1 aliphatic heterocycles. The van der Waals surface area contributed by atoms with E-state index in [-0.39, 0.29) is 30.9 Å². The first-order valence-corrected chi connectivity index (χ1v) is 11.8. The molecule has 2 heterocycles. The third-order valence-corrected chi connectivity index (χ3v) is 6.50. The molecule has 1 aliphatic carbocycles. The number of amides is 5. The molecule has 1 aromatic rings. The Hall–Kier alpha value is -3.70. The van der Waals surface area contributed by atoms with Gasteiger partial charge in [-0.2, -0.15) is 0 Å². The average Bonchev–Trinajstić information content (AvgIpc) is 3.38. The summed E-state index contributed by atoms with van der Waals surface area (Å²) in [6.45, 7) is 3.04. The van der Waals surface area contributed by atoms with Crippen molar-refractivity contribution < 1.29 is 28.3 Å². The molecule has 36 heavy (non-hydrogen) atoms. The smallest absolute Gasteiger partial charge is 0.314 e. The summed E-state index contributed by atoms with van der Waals surface area (Å²) in [5, 5.41) is 5.19. The normalized spacial score (nSPS) is 18.6. The SMILES string of the molecule is CCN(CCCc1ccc([C@](CN2CC3=C(C=CC(OC)C=C3)C2=O)(NC)C(=O)NC=O)o1)C(N)=O. The van der Waals surface area contributed by atoms with E-state index in [1.807, 2.05) is 19.1 Å². The molecule has 3 rings (SSSR count). The van der Waals surface area contributed by atoms with Crippen molar-refractivity contribution in [1.29, 1.82) is 0 Å². The van der Waals surface area contributed by atoms with E-state index in [1.165, 1.54) is 4.90 Å². The molecule has 11 heteroatoms. The van der Waals surface area contributed by atoms with E-state index in [1.54, 1.807) is 43.3 Å². The Morgan fingerprint density at radius 2 is 2.08 bits per heavy atom. The maximum absolute atomic E-state index is 13.2. The lowest BCUT2D eigenvalue weighted by atomic mass is 9.94. The van der Waals surface area contributed by atoms with Gasteiger partial charge in [0.05, 0.1) is 12.6 Å². The van der Waals surface area contributed by atoms with Crippen LogP contribution in [0, 0.1) is 0 Å². The van der Waals surface area contributed by atoms with Crippen LogP contribution in [0.5, 0.6) is 0 Å². The molecule has 1 unspecified atom stereocenters. The number of likely N-dealkylation sites (N-methyl/N-ethyl adjacent to an activating group) is 1. The predicted molar refractivity (Wildman–Crippen MR) is 131 cm³/mol. The number of hydrogen-bond acceptors (Lipinski definition) is 7. The monoisotopic (exact) mass is 499 g/mol. The predicted octanol–water partition coefficient (Wildman–Crippen LogP) is 0.580. The second kappa shape index (κ2) is 11.8. The van der Waals surface area contributed by atoms with Crippen molar-refractivity contribution in [1.82, 2.24) is 20.4 Å². The third-order valence-electron chi connectivity index (χ3n) is 6.50. The molecule has 0 aromatic carbocycles. The molecule has 0 spiro atoms. The van der Waals surface area contributed by atoms with Crippen LogP contribution in [0.4, 0.5) is 4.79 Å². The van der Waals surface area contributed by atoms with E-state index in [9.17, 15) is 19.2 Å². The van der Waals surface area contributed by atoms with E-state index >= 15 is 0 Å². The molecule has 194 valence electrons. The van der Waals surface area contributed by atoms with Gasteiger partial charge in [0.25, 0.3) is 11.8 Å². The van der Waals surface area contributed by atoms with Crippen molar-refractivity contribution in [2.75, 3.05) is 40.3 Å². The molecular weight excluding hydrogens is 466 g/mol. The van der Waals surface area contributed by atoms with E-state index in [0.29, 0.717) is 43.7 Å². The second-order valence-corrected chi connectivity index (χ2v) is 8.55. The number of methoxy groups -OCH3 is 1. The fourth-order valence-corrected chi connectivity index (χ4v) is 4.39. The third kappa shape index (κ3) is 5.58. The number of urea groups is 1. The number of furan rings is 1. The lowest BCUT2D eigenvalue weighted by Gasteiger charge is -2.33. The van der Waals surface area contributed by atoms with Crippen LogP contribution in [0.2, 0.25) is 0 Å². The van der Waals surface area contributed by atoms with Crippen molar-refractivity contribution in [2.45, 2.75) is 31.4 Å². The minimum absolute atomic E-state index is 0.0668. The highest BCUT2D eigenvalue weighted by atomic mass is 16.5. The first-order valence-electron chi connectivity index (χ1n) is 11.8. The zero-order valence-electron chi connectivity index (χ0n) is 20.8. The number of nitrogens with zero attached hydrogens (tertiary/aromatic N) is 2. The first-order chi connectivity index (χ1) is 17.3. The van der Waals surface area contributed by atoms with Crippen LogP contribution in [0.1, 0.15) is 24.9 Å². The van der Waals surface area contributed by atoms with Gasteiger partial charge in [0.15, 0.2) is 5.54 Å². The lowest BCUT2D eigenvalue weighted by molar-refractivity contribution is -0.134. The van der Waals surface area contributed by atoms with Crippen LogP contribution in [-0.2, 0) is 31.1 Å². The summed E-state index contributed by atoms with van der Waals surface area (Å²) in [6, 6.07) is 2.91. The molecule has 0 radical (unpaired) electrons. The number of primary amides is 1. The van der Waals surface area contributed by atoms with Crippen LogP contribution in [0.25, 0.3) is 0 Å². The molecule has 0 saturated carbocycles. The van der Waals surface area contributed by atoms with Crippen LogP contribution in [0.15, 0.2) is 52.0 Å². The number of nitrogens with two attached hydrogens (primary N) is 1. The Balaban J connectivity index is 1.81. The van der Waals surface area contributed by atoms with Crippen LogP contribution >= 0.6 is 0 Å². The maximum atomic E-state index is 13.2. The molecule has 2 atom stereocenters. The Bertz CT molecular complexity index is 1090. The van der Waals surface area contributed by atoms with Crippen molar-refractivity contribution in [3.63, 3.8) is 0 Å². The number of rotatable bonds is 12. The minimum atomic E-state index is -1.51. The molecule has 0 saturated heterocycles. The first kappa shape index (κ1) is 26.9. The van der Waals surface area contributed by atoms with E-state index in [2.05, 4.69) is 10.6 Å². The number of hydrogen-bond donors (Lipinski definition) is 3. The minimum Gasteiger partial charge on any atom is -0.463 e. The van der Waals surface area contributed by atoms with Crippen molar-refractivity contribution in [2.24, 2.45) is 5.73 Å². The molecule has 0 fully saturated rings. The summed E-state index contributed by atoms with van der Waals surface area (Å²) in [7, 11) is 3.16. The van der Waals surface area contributed by atoms with Gasteiger partial charge in [-0.3, -0.25) is 25.0 Å². The van der Waals surface area contributed by atoms with Gasteiger partial charge in [-0.25, -0.2) is 4.79 Å². The van der Waals surface area contributed by atoms with Crippen molar-refractivity contribution >= 4 is 24.3 Å². The fraction of sp³-hybridized carbons (Fsp3) is 0.440. The molecule has 5 amide bonds. The number of ether oxygens (including phenoxy) is 1. The summed E-state index contributed by atoms with van der Waals surface area (Å²) < 4.78 is 11.3. The second-order valence-electron chi connectivity index (χ2n) is 8.55. The van der Waals surface area contributed by atoms with Crippen LogP contribution in [0.3, 0.4) is 0 Å². The lowest BCUT2D eigenvalue weighted by Crippen LogP contribution is -2.59. The maximum Gasteiger partial charge on any atom is 0.314 e. The Morgan fingerprint density at radius 1 is 1.33 bits per heavy atom. The van der Waals surface area contributed by atoms with Crippen LogP contribution in [-0.4, -0.2) is 80.5 Å². The van der Waals surface area contributed by atoms with Gasteiger partial charge in [-0.05, 0) is 38.1 Å².